The van der Waals surface area contributed by atoms with Crippen LogP contribution in [0.5, 0.6) is 11.6 Å². The topological polar surface area (TPSA) is 182 Å². The number of nitrogens with zero attached hydrogens (tertiary/aromatic N) is 2. The number of fused-ring (bicyclic) bond motifs is 5. The van der Waals surface area contributed by atoms with E-state index in [-0.39, 0.29) is 44.0 Å². The highest BCUT2D eigenvalue weighted by atomic mass is 32.2. The summed E-state index contributed by atoms with van der Waals surface area (Å²) in [7, 11) is -4.46. The van der Waals surface area contributed by atoms with Crippen LogP contribution in [0.1, 0.15) is 84.8 Å². The smallest absolute Gasteiger partial charge is 0.427 e. The van der Waals surface area contributed by atoms with Crippen LogP contribution in [0.4, 0.5) is 22.4 Å². The van der Waals surface area contributed by atoms with Gasteiger partial charge in [-0.3, -0.25) is 19.1 Å². The molecule has 3 aliphatic heterocycles. The summed E-state index contributed by atoms with van der Waals surface area (Å²) in [6, 6.07) is 4.46. The molecule has 0 radical (unpaired) electrons. The number of aromatic nitrogens is 1. The van der Waals surface area contributed by atoms with Crippen LogP contribution in [-0.2, 0) is 35.6 Å². The van der Waals surface area contributed by atoms with E-state index in [2.05, 4.69) is 10.6 Å². The summed E-state index contributed by atoms with van der Waals surface area (Å²) in [6.07, 6.45) is -1.08. The number of benzene rings is 1. The van der Waals surface area contributed by atoms with E-state index < -0.39 is 92.6 Å². The number of ether oxygens (including phenoxy) is 3. The van der Waals surface area contributed by atoms with Crippen LogP contribution in [0, 0.1) is 17.8 Å². The minimum absolute atomic E-state index is 0.0184. The Labute approximate surface area is 345 Å². The van der Waals surface area contributed by atoms with Crippen molar-refractivity contribution in [2.45, 2.75) is 126 Å². The van der Waals surface area contributed by atoms with Gasteiger partial charge in [0.25, 0.3) is 5.91 Å². The number of nitrogens with one attached hydrogen (secondary N) is 3. The van der Waals surface area contributed by atoms with E-state index in [0.29, 0.717) is 63.0 Å². The monoisotopic (exact) mass is 865 g/mol. The van der Waals surface area contributed by atoms with E-state index in [1.54, 1.807) is 25.1 Å². The van der Waals surface area contributed by atoms with Crippen LogP contribution in [0.25, 0.3) is 10.8 Å². The van der Waals surface area contributed by atoms with E-state index in [4.69, 9.17) is 19.2 Å². The molecule has 0 bridgehead atoms. The highest BCUT2D eigenvalue weighted by Gasteiger charge is 2.64. The number of amides is 4. The fraction of sp³-hybridized carbons (Fsp3) is 0.634. The zero-order valence-corrected chi connectivity index (χ0v) is 34.7. The molecule has 3 N–H and O–H groups in total. The lowest BCUT2D eigenvalue weighted by molar-refractivity contribution is -0.244. The molecule has 19 heteroatoms. The minimum Gasteiger partial charge on any atom is -0.491 e. The second-order valence-corrected chi connectivity index (χ2v) is 19.6. The molecule has 2 aliphatic carbocycles. The zero-order chi connectivity index (χ0) is 43.4. The Morgan fingerprint density at radius 1 is 1.10 bits per heavy atom. The van der Waals surface area contributed by atoms with Gasteiger partial charge in [-0.15, -0.1) is 0 Å². The van der Waals surface area contributed by atoms with Crippen LogP contribution in [-0.4, -0.2) is 102 Å². The minimum atomic E-state index is -4.93. The Bertz CT molecular complexity index is 2180. The van der Waals surface area contributed by atoms with Gasteiger partial charge in [-0.2, -0.15) is 13.2 Å². The van der Waals surface area contributed by atoms with Gasteiger partial charge in [-0.25, -0.2) is 22.6 Å². The molecule has 60 heavy (non-hydrogen) atoms. The molecule has 14 nitrogen and oxygen atoms in total. The van der Waals surface area contributed by atoms with Gasteiger partial charge in [0.1, 0.15) is 40.9 Å². The largest absolute Gasteiger partial charge is 0.491 e. The van der Waals surface area contributed by atoms with Crippen molar-refractivity contribution in [3.8, 4) is 11.6 Å². The highest BCUT2D eigenvalue weighted by Crippen LogP contribution is 2.48. The van der Waals surface area contributed by atoms with Crippen molar-refractivity contribution in [1.82, 2.24) is 25.2 Å². The number of sulfonamides is 1. The predicted octanol–water partition coefficient (Wildman–Crippen LogP) is 5.18. The molecule has 4 amide bonds. The van der Waals surface area contributed by atoms with Crippen LogP contribution in [0.3, 0.4) is 0 Å². The average Bonchev–Trinajstić information content (AvgIpc) is 4.09. The van der Waals surface area contributed by atoms with Gasteiger partial charge in [-0.1, -0.05) is 44.2 Å². The maximum atomic E-state index is 14.8. The van der Waals surface area contributed by atoms with Crippen molar-refractivity contribution in [2.75, 3.05) is 19.8 Å². The van der Waals surface area contributed by atoms with Crippen LogP contribution < -0.4 is 24.8 Å². The van der Waals surface area contributed by atoms with Crippen molar-refractivity contribution >= 4 is 44.6 Å². The summed E-state index contributed by atoms with van der Waals surface area (Å²) >= 11 is 0. The standard InChI is InChI=1S/C41H51F4N5O9S/c1-23-10-5-6-11-25-20-40(25,36(53)49-60(55,56)39(22-42)15-16-39)48-33(51)30-19-26(58-34-28-13-8-7-12-27(28)32-29(46-34)14-9-17-57-32)21-50(30)35(52)31(24(2)18-23)47-37(54)59-38(3,4)41(43,44)45/h6-8,11-13,23-26,30-31H,5,9-10,14-22H2,1-4H3,(H,47,54)(H,48,51)(H,49,53)/b11-6-/t23-,24+,25+,26+,30-,31-,40+/m0/s1. The lowest BCUT2D eigenvalue weighted by Crippen LogP contribution is -2.60. The van der Waals surface area contributed by atoms with E-state index >= 15 is 0 Å². The SMILES string of the molecule is C[C@H]1CC/C=C\[C@@H]2C[C@@]2(C(=O)NS(=O)(=O)C2(CF)CC2)NC(=O)[C@@H]2C[C@@H](Oc3nc4c(c5ccccc35)OCCC4)CN2C(=O)[C@@H](NC(=O)OC(C)(C)C(F)(F)F)[C@H](C)C1. The first-order chi connectivity index (χ1) is 28.2. The van der Waals surface area contributed by atoms with E-state index in [1.807, 2.05) is 29.9 Å². The van der Waals surface area contributed by atoms with Crippen molar-refractivity contribution < 1.29 is 59.4 Å². The zero-order valence-electron chi connectivity index (χ0n) is 33.9. The van der Waals surface area contributed by atoms with Gasteiger partial charge >= 0.3 is 12.3 Å². The molecule has 7 atom stereocenters. The Morgan fingerprint density at radius 2 is 1.82 bits per heavy atom. The molecule has 1 aromatic carbocycles. The molecule has 5 aliphatic rings. The summed E-state index contributed by atoms with van der Waals surface area (Å²) in [4.78, 5) is 62.5. The molecule has 3 fully saturated rings. The Morgan fingerprint density at radius 3 is 2.50 bits per heavy atom. The predicted molar refractivity (Wildman–Crippen MR) is 209 cm³/mol. The summed E-state index contributed by atoms with van der Waals surface area (Å²) < 4.78 is 99.2. The summed E-state index contributed by atoms with van der Waals surface area (Å²) in [5.74, 6) is -3.20. The molecular formula is C41H51F4N5O9S. The molecule has 1 aromatic heterocycles. The first kappa shape index (κ1) is 43.4. The molecular weight excluding hydrogens is 815 g/mol. The number of hydrogen-bond donors (Lipinski definition) is 3. The van der Waals surface area contributed by atoms with Gasteiger partial charge in [0.15, 0.2) is 0 Å². The maximum absolute atomic E-state index is 14.8. The maximum Gasteiger partial charge on any atom is 0.427 e. The second kappa shape index (κ2) is 16.0. The molecule has 7 rings (SSSR count). The molecule has 4 heterocycles. The van der Waals surface area contributed by atoms with E-state index in [9.17, 15) is 45.2 Å². The fourth-order valence-corrected chi connectivity index (χ4v) is 9.87. The van der Waals surface area contributed by atoms with E-state index in [0.717, 1.165) is 11.8 Å². The summed E-state index contributed by atoms with van der Waals surface area (Å²) in [5, 5.41) is 6.48. The van der Waals surface area contributed by atoms with Crippen molar-refractivity contribution in [1.29, 1.82) is 0 Å². The summed E-state index contributed by atoms with van der Waals surface area (Å²) in [5.41, 5.74) is -4.00. The highest BCUT2D eigenvalue weighted by molar-refractivity contribution is 7.91. The number of pyridine rings is 1. The van der Waals surface area contributed by atoms with Crippen molar-refractivity contribution in [3.05, 3.63) is 42.1 Å². The number of rotatable bonds is 8. The van der Waals surface area contributed by atoms with Gasteiger partial charge < -0.3 is 29.7 Å². The molecule has 328 valence electrons. The fourth-order valence-electron chi connectivity index (χ4n) is 8.45. The third-order valence-electron chi connectivity index (χ3n) is 12.6. The van der Waals surface area contributed by atoms with Gasteiger partial charge in [-0.05, 0) is 83.1 Å². The normalized spacial score (nSPS) is 29.9. The number of carbonyl (C=O) groups is 4. The number of halogens is 4. The molecule has 0 unspecified atom stereocenters. The summed E-state index contributed by atoms with van der Waals surface area (Å²) in [6.45, 7) is 4.05. The van der Waals surface area contributed by atoms with Gasteiger partial charge in [0.2, 0.25) is 33.3 Å². The van der Waals surface area contributed by atoms with Crippen LogP contribution in [0.15, 0.2) is 36.4 Å². The third kappa shape index (κ3) is 8.34. The Kier molecular flexibility index (Phi) is 11.6. The van der Waals surface area contributed by atoms with E-state index in [1.165, 1.54) is 4.90 Å². The first-order valence-electron chi connectivity index (χ1n) is 20.4. The number of alkyl carbamates (subject to hydrolysis) is 1. The van der Waals surface area contributed by atoms with Gasteiger partial charge in [0.05, 0.1) is 18.8 Å². The van der Waals surface area contributed by atoms with Crippen molar-refractivity contribution in [2.24, 2.45) is 17.8 Å². The van der Waals surface area contributed by atoms with Crippen LogP contribution >= 0.6 is 0 Å². The van der Waals surface area contributed by atoms with Crippen LogP contribution in [0.2, 0.25) is 0 Å². The molecule has 1 saturated heterocycles. The third-order valence-corrected chi connectivity index (χ3v) is 14.7. The number of aryl methyl sites for hydroxylation is 1. The lowest BCUT2D eigenvalue weighted by atomic mass is 9.88. The molecule has 2 aromatic rings. The first-order valence-corrected chi connectivity index (χ1v) is 21.9. The lowest BCUT2D eigenvalue weighted by Gasteiger charge is -2.34. The number of hydrogen-bond acceptors (Lipinski definition) is 10. The average molecular weight is 866 g/mol. The second-order valence-electron chi connectivity index (χ2n) is 17.5. The Hall–Kier alpha value is -4.68. The number of alkyl halides is 4. The molecule has 0 spiro atoms. The molecule has 2 saturated carbocycles. The van der Waals surface area contributed by atoms with Crippen molar-refractivity contribution in [3.63, 3.8) is 0 Å². The number of carbonyl (C=O) groups excluding carboxylic acids is 4. The number of allylic oxidation sites excluding steroid dienone is 1. The Balaban J connectivity index is 1.24. The van der Waals surface area contributed by atoms with Gasteiger partial charge in [0, 0.05) is 23.1 Å². The quantitative estimate of drug-likeness (QED) is 0.236.